The SMILES string of the molecule is C=C(C)C(=O)NCCC(C)(C)N. The summed E-state index contributed by atoms with van der Waals surface area (Å²) in [5.41, 5.74) is 6.04. The van der Waals surface area contributed by atoms with Crippen LogP contribution in [0, 0.1) is 0 Å². The smallest absolute Gasteiger partial charge is 0.246 e. The maximum Gasteiger partial charge on any atom is 0.246 e. The Balaban J connectivity index is 3.58. The van der Waals surface area contributed by atoms with Gasteiger partial charge in [-0.3, -0.25) is 4.79 Å². The lowest BCUT2D eigenvalue weighted by molar-refractivity contribution is -0.117. The van der Waals surface area contributed by atoms with Gasteiger partial charge in [0.05, 0.1) is 0 Å². The topological polar surface area (TPSA) is 55.1 Å². The molecule has 0 fully saturated rings. The van der Waals surface area contributed by atoms with Gasteiger partial charge >= 0.3 is 0 Å². The molecule has 0 bridgehead atoms. The van der Waals surface area contributed by atoms with E-state index in [4.69, 9.17) is 5.73 Å². The van der Waals surface area contributed by atoms with E-state index < -0.39 is 0 Å². The Labute approximate surface area is 74.0 Å². The van der Waals surface area contributed by atoms with E-state index in [2.05, 4.69) is 11.9 Å². The van der Waals surface area contributed by atoms with Crippen molar-refractivity contribution >= 4 is 5.91 Å². The van der Waals surface area contributed by atoms with E-state index in [0.29, 0.717) is 12.1 Å². The Morgan fingerprint density at radius 1 is 1.58 bits per heavy atom. The zero-order valence-electron chi connectivity index (χ0n) is 8.11. The lowest BCUT2D eigenvalue weighted by atomic mass is 10.0. The molecule has 0 saturated carbocycles. The first kappa shape index (κ1) is 11.2. The van der Waals surface area contributed by atoms with E-state index in [9.17, 15) is 4.79 Å². The number of nitrogens with two attached hydrogens (primary N) is 1. The van der Waals surface area contributed by atoms with Gasteiger partial charge in [-0.2, -0.15) is 0 Å². The number of rotatable bonds is 4. The number of carbonyl (C=O) groups excluding carboxylic acids is 1. The van der Waals surface area contributed by atoms with Crippen molar-refractivity contribution in [1.82, 2.24) is 5.32 Å². The molecule has 0 aromatic heterocycles. The molecular weight excluding hydrogens is 152 g/mol. The zero-order valence-corrected chi connectivity index (χ0v) is 8.11. The van der Waals surface area contributed by atoms with Gasteiger partial charge in [0.2, 0.25) is 5.91 Å². The molecule has 3 N–H and O–H groups in total. The predicted octanol–water partition coefficient (Wildman–Crippen LogP) is 0.806. The summed E-state index contributed by atoms with van der Waals surface area (Å²) in [5.74, 6) is -0.0979. The second-order valence-electron chi connectivity index (χ2n) is 3.77. The van der Waals surface area contributed by atoms with Crippen molar-refractivity contribution in [1.29, 1.82) is 0 Å². The Bertz CT molecular complexity index is 179. The lowest BCUT2D eigenvalue weighted by Gasteiger charge is -2.18. The minimum absolute atomic E-state index is 0.0979. The number of hydrogen-bond donors (Lipinski definition) is 2. The van der Waals surface area contributed by atoms with Gasteiger partial charge in [0.25, 0.3) is 0 Å². The second-order valence-corrected chi connectivity index (χ2v) is 3.77. The second kappa shape index (κ2) is 4.26. The minimum atomic E-state index is -0.220. The molecular formula is C9H18N2O. The molecule has 0 aromatic rings. The van der Waals surface area contributed by atoms with Gasteiger partial charge in [-0.1, -0.05) is 6.58 Å². The molecule has 0 aliphatic carbocycles. The molecule has 0 aliphatic heterocycles. The Morgan fingerprint density at radius 3 is 2.42 bits per heavy atom. The van der Waals surface area contributed by atoms with Gasteiger partial charge in [-0.05, 0) is 27.2 Å². The van der Waals surface area contributed by atoms with Crippen molar-refractivity contribution in [3.05, 3.63) is 12.2 Å². The van der Waals surface area contributed by atoms with E-state index in [1.807, 2.05) is 13.8 Å². The molecule has 0 radical (unpaired) electrons. The number of nitrogens with one attached hydrogen (secondary N) is 1. The van der Waals surface area contributed by atoms with Gasteiger partial charge in [0, 0.05) is 17.7 Å². The Kier molecular flexibility index (Phi) is 3.96. The van der Waals surface area contributed by atoms with Crippen LogP contribution in [0.3, 0.4) is 0 Å². The monoisotopic (exact) mass is 170 g/mol. The van der Waals surface area contributed by atoms with E-state index >= 15 is 0 Å². The normalized spacial score (nSPS) is 11.0. The third-order valence-electron chi connectivity index (χ3n) is 1.44. The van der Waals surface area contributed by atoms with Crippen LogP contribution in [-0.2, 0) is 4.79 Å². The third-order valence-corrected chi connectivity index (χ3v) is 1.44. The Hall–Kier alpha value is -0.830. The Morgan fingerprint density at radius 2 is 2.08 bits per heavy atom. The third kappa shape index (κ3) is 5.92. The molecule has 3 nitrogen and oxygen atoms in total. The molecule has 1 amide bonds. The standard InChI is InChI=1S/C9H18N2O/c1-7(2)8(12)11-6-5-9(3,4)10/h1,5-6,10H2,2-4H3,(H,11,12). The molecule has 0 rings (SSSR count). The quantitative estimate of drug-likeness (QED) is 0.613. The first-order valence-corrected chi connectivity index (χ1v) is 4.05. The maximum atomic E-state index is 11.0. The first-order chi connectivity index (χ1) is 5.33. The largest absolute Gasteiger partial charge is 0.352 e. The van der Waals surface area contributed by atoms with E-state index in [-0.39, 0.29) is 11.4 Å². The summed E-state index contributed by atoms with van der Waals surface area (Å²) in [6, 6.07) is 0. The maximum absolute atomic E-state index is 11.0. The van der Waals surface area contributed by atoms with Crippen molar-refractivity contribution in [2.24, 2.45) is 5.73 Å². The molecule has 0 atom stereocenters. The number of amides is 1. The summed E-state index contributed by atoms with van der Waals surface area (Å²) in [6.45, 7) is 9.68. The average Bonchev–Trinajstić information content (AvgIpc) is 1.84. The van der Waals surface area contributed by atoms with Gasteiger partial charge in [-0.15, -0.1) is 0 Å². The number of hydrogen-bond acceptors (Lipinski definition) is 2. The van der Waals surface area contributed by atoms with Crippen LogP contribution in [0.5, 0.6) is 0 Å². The van der Waals surface area contributed by atoms with Crippen LogP contribution in [0.25, 0.3) is 0 Å². The molecule has 0 spiro atoms. The summed E-state index contributed by atoms with van der Waals surface area (Å²) in [6.07, 6.45) is 0.770. The highest BCUT2D eigenvalue weighted by Crippen LogP contribution is 2.01. The van der Waals surface area contributed by atoms with Gasteiger partial charge < -0.3 is 11.1 Å². The van der Waals surface area contributed by atoms with Gasteiger partial charge in [0.15, 0.2) is 0 Å². The average molecular weight is 170 g/mol. The van der Waals surface area contributed by atoms with Crippen molar-refractivity contribution < 1.29 is 4.79 Å². The van der Waals surface area contributed by atoms with E-state index in [0.717, 1.165) is 6.42 Å². The van der Waals surface area contributed by atoms with Gasteiger partial charge in [-0.25, -0.2) is 0 Å². The lowest BCUT2D eigenvalue weighted by Crippen LogP contribution is -2.37. The summed E-state index contributed by atoms with van der Waals surface area (Å²) in [4.78, 5) is 11.0. The molecule has 0 unspecified atom stereocenters. The zero-order chi connectivity index (χ0) is 9.78. The van der Waals surface area contributed by atoms with Crippen LogP contribution >= 0.6 is 0 Å². The molecule has 0 saturated heterocycles. The highest BCUT2D eigenvalue weighted by Gasteiger charge is 2.10. The van der Waals surface area contributed by atoms with E-state index in [1.165, 1.54) is 0 Å². The highest BCUT2D eigenvalue weighted by molar-refractivity contribution is 5.91. The molecule has 0 aromatic carbocycles. The fourth-order valence-electron chi connectivity index (χ4n) is 0.649. The first-order valence-electron chi connectivity index (χ1n) is 4.05. The molecule has 0 aliphatic rings. The van der Waals surface area contributed by atoms with Crippen molar-refractivity contribution in [3.63, 3.8) is 0 Å². The van der Waals surface area contributed by atoms with Crippen LogP contribution in [0.4, 0.5) is 0 Å². The van der Waals surface area contributed by atoms with E-state index in [1.54, 1.807) is 6.92 Å². The summed E-state index contributed by atoms with van der Waals surface area (Å²) >= 11 is 0. The molecule has 3 heteroatoms. The highest BCUT2D eigenvalue weighted by atomic mass is 16.1. The molecule has 70 valence electrons. The van der Waals surface area contributed by atoms with Crippen molar-refractivity contribution in [2.45, 2.75) is 32.7 Å². The predicted molar refractivity (Wildman–Crippen MR) is 50.7 cm³/mol. The molecule has 0 heterocycles. The summed E-state index contributed by atoms with van der Waals surface area (Å²) < 4.78 is 0. The van der Waals surface area contributed by atoms with Crippen LogP contribution in [0.2, 0.25) is 0 Å². The van der Waals surface area contributed by atoms with Crippen molar-refractivity contribution in [3.8, 4) is 0 Å². The van der Waals surface area contributed by atoms with Gasteiger partial charge in [0.1, 0.15) is 0 Å². The van der Waals surface area contributed by atoms with Crippen LogP contribution in [0.15, 0.2) is 12.2 Å². The number of carbonyl (C=O) groups is 1. The van der Waals surface area contributed by atoms with Crippen LogP contribution < -0.4 is 11.1 Å². The van der Waals surface area contributed by atoms with Crippen LogP contribution in [-0.4, -0.2) is 18.0 Å². The fraction of sp³-hybridized carbons (Fsp3) is 0.667. The van der Waals surface area contributed by atoms with Crippen LogP contribution in [0.1, 0.15) is 27.2 Å². The van der Waals surface area contributed by atoms with Crippen molar-refractivity contribution in [2.75, 3.05) is 6.54 Å². The minimum Gasteiger partial charge on any atom is -0.352 e. The molecule has 12 heavy (non-hydrogen) atoms. The fourth-order valence-corrected chi connectivity index (χ4v) is 0.649. The summed E-state index contributed by atoms with van der Waals surface area (Å²) in [7, 11) is 0. The summed E-state index contributed by atoms with van der Waals surface area (Å²) in [5, 5.41) is 2.72.